The highest BCUT2D eigenvalue weighted by atomic mass is 16.5. The van der Waals surface area contributed by atoms with Gasteiger partial charge in [0.1, 0.15) is 17.5 Å². The van der Waals surface area contributed by atoms with Crippen LogP contribution in [0.5, 0.6) is 0 Å². The van der Waals surface area contributed by atoms with Gasteiger partial charge in [0, 0.05) is 19.2 Å². The number of aromatic nitrogens is 2. The lowest BCUT2D eigenvalue weighted by Crippen LogP contribution is -2.43. The summed E-state index contributed by atoms with van der Waals surface area (Å²) >= 11 is 0. The van der Waals surface area contributed by atoms with Crippen LogP contribution < -0.4 is 10.6 Å². The smallest absolute Gasteiger partial charge is 0.134 e. The molecule has 2 unspecified atom stereocenters. The second kappa shape index (κ2) is 3.59. The Balaban J connectivity index is 1.86. The maximum absolute atomic E-state index is 5.79. The van der Waals surface area contributed by atoms with Crippen LogP contribution in [0.15, 0.2) is 6.07 Å². The fourth-order valence-electron chi connectivity index (χ4n) is 2.54. The molecule has 1 aromatic heterocycles. The summed E-state index contributed by atoms with van der Waals surface area (Å²) in [6.07, 6.45) is 3.08. The predicted molar refractivity (Wildman–Crippen MR) is 61.3 cm³/mol. The maximum Gasteiger partial charge on any atom is 0.134 e. The van der Waals surface area contributed by atoms with Crippen molar-refractivity contribution in [1.82, 2.24) is 9.97 Å². The maximum atomic E-state index is 5.79. The van der Waals surface area contributed by atoms with Gasteiger partial charge in [0.05, 0.1) is 12.2 Å². The number of fused-ring (bicyclic) bond motifs is 2. The molecule has 0 radical (unpaired) electrons. The van der Waals surface area contributed by atoms with Gasteiger partial charge in [-0.15, -0.1) is 0 Å². The van der Waals surface area contributed by atoms with Crippen LogP contribution in [-0.2, 0) is 4.74 Å². The van der Waals surface area contributed by atoms with E-state index in [1.54, 1.807) is 0 Å². The largest absolute Gasteiger partial charge is 0.384 e. The molecule has 2 aliphatic heterocycles. The molecule has 2 aliphatic rings. The Bertz CT molecular complexity index is 377. The first-order valence-electron chi connectivity index (χ1n) is 5.72. The van der Waals surface area contributed by atoms with Crippen LogP contribution in [0.2, 0.25) is 0 Å². The molecule has 0 saturated carbocycles. The Morgan fingerprint density at radius 2 is 2.00 bits per heavy atom. The van der Waals surface area contributed by atoms with E-state index in [1.165, 1.54) is 12.8 Å². The van der Waals surface area contributed by atoms with Crippen molar-refractivity contribution < 1.29 is 4.74 Å². The zero-order valence-corrected chi connectivity index (χ0v) is 9.39. The van der Waals surface area contributed by atoms with Gasteiger partial charge in [-0.1, -0.05) is 0 Å². The number of nitrogens with zero attached hydrogens (tertiary/aromatic N) is 3. The van der Waals surface area contributed by atoms with Crippen molar-refractivity contribution in [2.45, 2.75) is 32.0 Å². The van der Waals surface area contributed by atoms with Crippen molar-refractivity contribution >= 4 is 11.6 Å². The summed E-state index contributed by atoms with van der Waals surface area (Å²) < 4.78 is 5.79. The Hall–Kier alpha value is -1.36. The molecule has 2 atom stereocenters. The second-order valence-electron chi connectivity index (χ2n) is 4.56. The fraction of sp³-hybridized carbons (Fsp3) is 0.636. The topological polar surface area (TPSA) is 64.3 Å². The zero-order chi connectivity index (χ0) is 11.1. The molecule has 1 aromatic rings. The molecule has 3 rings (SSSR count). The third-order valence-corrected chi connectivity index (χ3v) is 3.21. The molecule has 86 valence electrons. The highest BCUT2D eigenvalue weighted by Gasteiger charge is 2.34. The summed E-state index contributed by atoms with van der Waals surface area (Å²) in [6, 6.07) is 1.84. The molecule has 2 saturated heterocycles. The number of hydrogen-bond acceptors (Lipinski definition) is 5. The molecule has 5 heteroatoms. The summed E-state index contributed by atoms with van der Waals surface area (Å²) in [5.41, 5.74) is 5.74. The number of anilines is 2. The minimum atomic E-state index is 0.371. The van der Waals surface area contributed by atoms with Gasteiger partial charge in [-0.25, -0.2) is 9.97 Å². The van der Waals surface area contributed by atoms with E-state index in [0.717, 1.165) is 24.7 Å². The Morgan fingerprint density at radius 1 is 1.31 bits per heavy atom. The van der Waals surface area contributed by atoms with Gasteiger partial charge in [0.15, 0.2) is 0 Å². The summed E-state index contributed by atoms with van der Waals surface area (Å²) in [5.74, 6) is 2.21. The van der Waals surface area contributed by atoms with Crippen LogP contribution in [-0.4, -0.2) is 35.3 Å². The van der Waals surface area contributed by atoms with Crippen molar-refractivity contribution in [3.63, 3.8) is 0 Å². The van der Waals surface area contributed by atoms with Crippen molar-refractivity contribution in [3.05, 3.63) is 11.9 Å². The summed E-state index contributed by atoms with van der Waals surface area (Å²) in [6.45, 7) is 3.72. The molecule has 0 spiro atoms. The number of nitrogen functional groups attached to an aromatic ring is 1. The Labute approximate surface area is 94.6 Å². The second-order valence-corrected chi connectivity index (χ2v) is 4.56. The quantitative estimate of drug-likeness (QED) is 0.756. The van der Waals surface area contributed by atoms with Crippen molar-refractivity contribution in [2.24, 2.45) is 0 Å². The number of morpholine rings is 1. The van der Waals surface area contributed by atoms with Crippen molar-refractivity contribution in [2.75, 3.05) is 23.7 Å². The van der Waals surface area contributed by atoms with Crippen LogP contribution in [0.3, 0.4) is 0 Å². The minimum absolute atomic E-state index is 0.371. The summed E-state index contributed by atoms with van der Waals surface area (Å²) in [5, 5.41) is 0. The lowest BCUT2D eigenvalue weighted by molar-refractivity contribution is 0.0302. The zero-order valence-electron chi connectivity index (χ0n) is 9.39. The van der Waals surface area contributed by atoms with Crippen LogP contribution in [0.1, 0.15) is 18.7 Å². The van der Waals surface area contributed by atoms with Crippen molar-refractivity contribution in [1.29, 1.82) is 0 Å². The van der Waals surface area contributed by atoms with Crippen molar-refractivity contribution in [3.8, 4) is 0 Å². The van der Waals surface area contributed by atoms with Gasteiger partial charge < -0.3 is 15.4 Å². The molecular weight excluding hydrogens is 204 g/mol. The highest BCUT2D eigenvalue weighted by Crippen LogP contribution is 2.29. The average molecular weight is 220 g/mol. The van der Waals surface area contributed by atoms with Crippen LogP contribution >= 0.6 is 0 Å². The molecule has 0 aliphatic carbocycles. The number of nitrogens with two attached hydrogens (primary N) is 1. The lowest BCUT2D eigenvalue weighted by Gasteiger charge is -2.33. The normalized spacial score (nSPS) is 28.4. The van der Waals surface area contributed by atoms with E-state index in [0.29, 0.717) is 18.0 Å². The van der Waals surface area contributed by atoms with Gasteiger partial charge in [-0.05, 0) is 19.8 Å². The lowest BCUT2D eigenvalue weighted by atomic mass is 10.2. The molecule has 0 amide bonds. The van der Waals surface area contributed by atoms with E-state index in [-0.39, 0.29) is 0 Å². The monoisotopic (exact) mass is 220 g/mol. The third-order valence-electron chi connectivity index (χ3n) is 3.21. The van der Waals surface area contributed by atoms with Gasteiger partial charge in [-0.2, -0.15) is 0 Å². The fourth-order valence-corrected chi connectivity index (χ4v) is 2.54. The molecule has 16 heavy (non-hydrogen) atoms. The molecule has 5 nitrogen and oxygen atoms in total. The number of ether oxygens (including phenoxy) is 1. The van der Waals surface area contributed by atoms with Gasteiger partial charge in [0.25, 0.3) is 0 Å². The molecule has 0 aromatic carbocycles. The minimum Gasteiger partial charge on any atom is -0.384 e. The third kappa shape index (κ3) is 1.71. The van der Waals surface area contributed by atoms with Gasteiger partial charge in [0.2, 0.25) is 0 Å². The summed E-state index contributed by atoms with van der Waals surface area (Å²) in [4.78, 5) is 10.8. The predicted octanol–water partition coefficient (Wildman–Crippen LogP) is 0.735. The average Bonchev–Trinajstić information content (AvgIpc) is 2.56. The number of rotatable bonds is 1. The van der Waals surface area contributed by atoms with Gasteiger partial charge in [-0.3, -0.25) is 0 Å². The van der Waals surface area contributed by atoms with E-state index in [2.05, 4.69) is 14.9 Å². The molecule has 2 N–H and O–H groups in total. The number of hydrogen-bond donors (Lipinski definition) is 1. The SMILES string of the molecule is Cc1nc(N)cc(N2CC3CCC(C2)O3)n1. The molecule has 2 bridgehead atoms. The van der Waals surface area contributed by atoms with E-state index in [1.807, 2.05) is 13.0 Å². The molecule has 3 heterocycles. The molecular formula is C11H16N4O. The van der Waals surface area contributed by atoms with Crippen LogP contribution in [0, 0.1) is 6.92 Å². The van der Waals surface area contributed by atoms with Crippen LogP contribution in [0.25, 0.3) is 0 Å². The highest BCUT2D eigenvalue weighted by molar-refractivity contribution is 5.47. The number of aryl methyl sites for hydroxylation is 1. The van der Waals surface area contributed by atoms with E-state index in [9.17, 15) is 0 Å². The van der Waals surface area contributed by atoms with E-state index >= 15 is 0 Å². The first-order valence-corrected chi connectivity index (χ1v) is 5.72. The summed E-state index contributed by atoms with van der Waals surface area (Å²) in [7, 11) is 0. The Kier molecular flexibility index (Phi) is 2.21. The van der Waals surface area contributed by atoms with Crippen LogP contribution in [0.4, 0.5) is 11.6 Å². The van der Waals surface area contributed by atoms with Gasteiger partial charge >= 0.3 is 0 Å². The Morgan fingerprint density at radius 3 is 2.62 bits per heavy atom. The standard InChI is InChI=1S/C11H16N4O/c1-7-13-10(12)4-11(14-7)15-5-8-2-3-9(6-15)16-8/h4,8-9H,2-3,5-6H2,1H3,(H2,12,13,14). The first kappa shape index (κ1) is 9.84. The van der Waals surface area contributed by atoms with E-state index in [4.69, 9.17) is 10.5 Å². The first-order chi connectivity index (χ1) is 7.70. The van der Waals surface area contributed by atoms with E-state index < -0.39 is 0 Å². The molecule has 2 fully saturated rings.